The molecule has 1 saturated heterocycles. The second kappa shape index (κ2) is 3.99. The molecule has 102 valence electrons. The fraction of sp³-hybridized carbons (Fsp3) is 0.647. The van der Waals surface area contributed by atoms with Crippen molar-refractivity contribution in [2.24, 2.45) is 5.92 Å². The summed E-state index contributed by atoms with van der Waals surface area (Å²) in [5.74, 6) is 0.870. The van der Waals surface area contributed by atoms with Crippen LogP contribution in [0.1, 0.15) is 43.2 Å². The Morgan fingerprint density at radius 1 is 1.26 bits per heavy atom. The molecule has 0 aromatic heterocycles. The molecular formula is C17H24N2. The molecule has 1 aromatic carbocycles. The largest absolute Gasteiger partial charge is 0.399 e. The highest BCUT2D eigenvalue weighted by Gasteiger charge is 2.52. The molecule has 2 heteroatoms. The number of likely N-dealkylation sites (N-methyl/N-ethyl adjacent to an activating group) is 1. The molecule has 2 N–H and O–H groups in total. The highest BCUT2D eigenvalue weighted by molar-refractivity contribution is 5.51. The number of nitrogen functional groups attached to an aromatic ring is 1. The lowest BCUT2D eigenvalue weighted by atomic mass is 9.52. The number of piperidine rings is 1. The number of hydrogen-bond acceptors (Lipinski definition) is 2. The van der Waals surface area contributed by atoms with Crippen molar-refractivity contribution in [2.75, 3.05) is 19.3 Å². The highest BCUT2D eigenvalue weighted by Crippen LogP contribution is 2.55. The van der Waals surface area contributed by atoms with Crippen LogP contribution in [0.3, 0.4) is 0 Å². The predicted octanol–water partition coefficient (Wildman–Crippen LogP) is 2.96. The Bertz CT molecular complexity index is 510. The minimum atomic E-state index is 0.457. The van der Waals surface area contributed by atoms with E-state index in [1.54, 1.807) is 11.1 Å². The van der Waals surface area contributed by atoms with Crippen molar-refractivity contribution < 1.29 is 0 Å². The van der Waals surface area contributed by atoms with Gasteiger partial charge in [-0.3, -0.25) is 0 Å². The zero-order chi connectivity index (χ0) is 13.0. The topological polar surface area (TPSA) is 29.3 Å². The SMILES string of the molecule is CN1CC[C@@]23CCCCC2[C@@H]1Cc1ccc(N)cc13. The standard InChI is InChI=1S/C17H24N2/c1-19-9-8-17-7-3-2-4-14(17)16(19)10-12-5-6-13(18)11-15(12)17/h5-6,11,14,16H,2-4,7-10,18H2,1H3/t14?,16-,17-/m0/s1. The molecule has 0 amide bonds. The van der Waals surface area contributed by atoms with Gasteiger partial charge in [-0.05, 0) is 68.5 Å². The number of nitrogens with two attached hydrogens (primary N) is 1. The van der Waals surface area contributed by atoms with E-state index in [0.29, 0.717) is 5.41 Å². The molecule has 1 heterocycles. The molecule has 0 spiro atoms. The van der Waals surface area contributed by atoms with Gasteiger partial charge in [-0.2, -0.15) is 0 Å². The van der Waals surface area contributed by atoms with Crippen molar-refractivity contribution in [2.45, 2.75) is 50.0 Å². The van der Waals surface area contributed by atoms with Gasteiger partial charge in [0.15, 0.2) is 0 Å². The summed E-state index contributed by atoms with van der Waals surface area (Å²) in [5, 5.41) is 0. The summed E-state index contributed by atoms with van der Waals surface area (Å²) >= 11 is 0. The van der Waals surface area contributed by atoms with Crippen molar-refractivity contribution in [3.63, 3.8) is 0 Å². The van der Waals surface area contributed by atoms with Gasteiger partial charge in [0.25, 0.3) is 0 Å². The average molecular weight is 256 g/mol. The number of anilines is 1. The van der Waals surface area contributed by atoms with Crippen molar-refractivity contribution in [3.8, 4) is 0 Å². The van der Waals surface area contributed by atoms with Gasteiger partial charge in [-0.25, -0.2) is 0 Å². The Balaban J connectivity index is 1.90. The molecule has 3 aliphatic rings. The van der Waals surface area contributed by atoms with Crippen LogP contribution in [0.5, 0.6) is 0 Å². The van der Waals surface area contributed by atoms with E-state index in [1.807, 2.05) is 0 Å². The minimum Gasteiger partial charge on any atom is -0.399 e. The number of rotatable bonds is 0. The first-order valence-electron chi connectivity index (χ1n) is 7.80. The van der Waals surface area contributed by atoms with Gasteiger partial charge in [-0.15, -0.1) is 0 Å². The molecule has 19 heavy (non-hydrogen) atoms. The minimum absolute atomic E-state index is 0.457. The Kier molecular flexibility index (Phi) is 2.47. The normalized spacial score (nSPS) is 37.5. The van der Waals surface area contributed by atoms with E-state index in [4.69, 9.17) is 5.73 Å². The monoisotopic (exact) mass is 256 g/mol. The van der Waals surface area contributed by atoms with Crippen molar-refractivity contribution in [3.05, 3.63) is 29.3 Å². The number of hydrogen-bond donors (Lipinski definition) is 1. The predicted molar refractivity (Wildman–Crippen MR) is 79.2 cm³/mol. The second-order valence-corrected chi connectivity index (χ2v) is 6.93. The second-order valence-electron chi connectivity index (χ2n) is 6.93. The van der Waals surface area contributed by atoms with Crippen LogP contribution in [0.15, 0.2) is 18.2 Å². The molecule has 2 aliphatic carbocycles. The summed E-state index contributed by atoms with van der Waals surface area (Å²) in [4.78, 5) is 2.62. The van der Waals surface area contributed by atoms with E-state index in [0.717, 1.165) is 17.6 Å². The molecule has 1 unspecified atom stereocenters. The first-order valence-corrected chi connectivity index (χ1v) is 7.80. The molecule has 1 saturated carbocycles. The summed E-state index contributed by atoms with van der Waals surface area (Å²) in [6.07, 6.45) is 8.21. The molecule has 1 aromatic rings. The van der Waals surface area contributed by atoms with Crippen molar-refractivity contribution in [1.82, 2.24) is 4.90 Å². The van der Waals surface area contributed by atoms with E-state index < -0.39 is 0 Å². The van der Waals surface area contributed by atoms with Crippen LogP contribution >= 0.6 is 0 Å². The van der Waals surface area contributed by atoms with E-state index in [1.165, 1.54) is 45.1 Å². The average Bonchev–Trinajstić information content (AvgIpc) is 2.43. The first kappa shape index (κ1) is 11.8. The lowest BCUT2D eigenvalue weighted by Crippen LogP contribution is -2.59. The van der Waals surface area contributed by atoms with Gasteiger partial charge in [0, 0.05) is 17.1 Å². The molecule has 2 nitrogen and oxygen atoms in total. The third-order valence-corrected chi connectivity index (χ3v) is 6.14. The van der Waals surface area contributed by atoms with Crippen LogP contribution in [-0.2, 0) is 11.8 Å². The maximum absolute atomic E-state index is 6.09. The lowest BCUT2D eigenvalue weighted by Gasteiger charge is -2.58. The summed E-state index contributed by atoms with van der Waals surface area (Å²) in [5.41, 5.74) is 10.7. The Labute approximate surface area is 116 Å². The van der Waals surface area contributed by atoms with Crippen LogP contribution in [0, 0.1) is 5.92 Å². The Hall–Kier alpha value is -1.02. The Morgan fingerprint density at radius 2 is 2.16 bits per heavy atom. The zero-order valence-corrected chi connectivity index (χ0v) is 11.9. The van der Waals surface area contributed by atoms with Crippen molar-refractivity contribution in [1.29, 1.82) is 0 Å². The van der Waals surface area contributed by atoms with Gasteiger partial charge in [0.2, 0.25) is 0 Å². The molecule has 2 fully saturated rings. The van der Waals surface area contributed by atoms with E-state index in [9.17, 15) is 0 Å². The first-order chi connectivity index (χ1) is 9.21. The Morgan fingerprint density at radius 3 is 3.05 bits per heavy atom. The zero-order valence-electron chi connectivity index (χ0n) is 11.9. The maximum atomic E-state index is 6.09. The summed E-state index contributed by atoms with van der Waals surface area (Å²) in [6.45, 7) is 1.26. The van der Waals surface area contributed by atoms with Crippen LogP contribution in [-0.4, -0.2) is 24.5 Å². The van der Waals surface area contributed by atoms with Crippen LogP contribution < -0.4 is 5.73 Å². The third-order valence-electron chi connectivity index (χ3n) is 6.14. The van der Waals surface area contributed by atoms with Crippen molar-refractivity contribution >= 4 is 5.69 Å². The fourth-order valence-corrected chi connectivity index (χ4v) is 5.21. The van der Waals surface area contributed by atoms with E-state index in [2.05, 4.69) is 30.1 Å². The van der Waals surface area contributed by atoms with Crippen LogP contribution in [0.2, 0.25) is 0 Å². The van der Waals surface area contributed by atoms with Gasteiger partial charge < -0.3 is 10.6 Å². The van der Waals surface area contributed by atoms with Gasteiger partial charge in [0.05, 0.1) is 0 Å². The summed E-state index contributed by atoms with van der Waals surface area (Å²) in [6, 6.07) is 7.46. The summed E-state index contributed by atoms with van der Waals surface area (Å²) < 4.78 is 0. The number of likely N-dealkylation sites (tertiary alicyclic amines) is 1. The van der Waals surface area contributed by atoms with Crippen LogP contribution in [0.4, 0.5) is 5.69 Å². The number of fused-ring (bicyclic) bond motifs is 1. The third kappa shape index (κ3) is 1.53. The smallest absolute Gasteiger partial charge is 0.0317 e. The van der Waals surface area contributed by atoms with E-state index in [-0.39, 0.29) is 0 Å². The molecule has 3 atom stereocenters. The van der Waals surface area contributed by atoms with Gasteiger partial charge >= 0.3 is 0 Å². The van der Waals surface area contributed by atoms with Gasteiger partial charge in [0.1, 0.15) is 0 Å². The molecule has 0 radical (unpaired) electrons. The summed E-state index contributed by atoms with van der Waals surface area (Å²) in [7, 11) is 2.32. The quantitative estimate of drug-likeness (QED) is 0.723. The molecule has 1 aliphatic heterocycles. The van der Waals surface area contributed by atoms with Gasteiger partial charge in [-0.1, -0.05) is 18.9 Å². The molecule has 4 rings (SSSR count). The molecular weight excluding hydrogens is 232 g/mol. The van der Waals surface area contributed by atoms with Crippen LogP contribution in [0.25, 0.3) is 0 Å². The highest BCUT2D eigenvalue weighted by atomic mass is 15.1. The lowest BCUT2D eigenvalue weighted by molar-refractivity contribution is 0.00291. The number of nitrogens with zero attached hydrogens (tertiary/aromatic N) is 1. The fourth-order valence-electron chi connectivity index (χ4n) is 5.21. The maximum Gasteiger partial charge on any atom is 0.0317 e. The molecule has 2 bridgehead atoms. The number of benzene rings is 1. The van der Waals surface area contributed by atoms with E-state index >= 15 is 0 Å².